The molecule has 20 heavy (non-hydrogen) atoms. The zero-order valence-corrected chi connectivity index (χ0v) is 13.6. The van der Waals surface area contributed by atoms with Crippen LogP contribution >= 0.6 is 11.8 Å². The van der Waals surface area contributed by atoms with Gasteiger partial charge in [-0.25, -0.2) is 0 Å². The first-order valence-corrected chi connectivity index (χ1v) is 8.38. The first-order valence-electron chi connectivity index (χ1n) is 7.39. The van der Waals surface area contributed by atoms with Crippen molar-refractivity contribution in [3.8, 4) is 0 Å². The van der Waals surface area contributed by atoms with Crippen molar-refractivity contribution >= 4 is 23.4 Å². The molecule has 4 heteroatoms. The molecule has 1 aromatic carbocycles. The highest BCUT2D eigenvalue weighted by atomic mass is 32.2. The molecule has 0 aliphatic heterocycles. The van der Waals surface area contributed by atoms with Gasteiger partial charge in [-0.3, -0.25) is 4.79 Å². The largest absolute Gasteiger partial charge is 0.326 e. The van der Waals surface area contributed by atoms with Gasteiger partial charge in [0, 0.05) is 23.5 Å². The number of hydrogen-bond acceptors (Lipinski definition) is 3. The van der Waals surface area contributed by atoms with Crippen molar-refractivity contribution in [2.45, 2.75) is 51.0 Å². The molecule has 1 unspecified atom stereocenters. The predicted molar refractivity (Wildman–Crippen MR) is 88.5 cm³/mol. The van der Waals surface area contributed by atoms with Crippen molar-refractivity contribution in [1.29, 1.82) is 0 Å². The molecule has 1 amide bonds. The Kier molecular flexibility index (Phi) is 8.38. The van der Waals surface area contributed by atoms with Crippen LogP contribution in [0.3, 0.4) is 0 Å². The van der Waals surface area contributed by atoms with E-state index in [1.807, 2.05) is 23.9 Å². The Morgan fingerprint density at radius 1 is 1.25 bits per heavy atom. The number of anilines is 1. The first-order chi connectivity index (χ1) is 9.65. The smallest absolute Gasteiger partial charge is 0.221 e. The van der Waals surface area contributed by atoms with Gasteiger partial charge in [-0.05, 0) is 55.8 Å². The summed E-state index contributed by atoms with van der Waals surface area (Å²) in [6, 6.07) is 8.70. The molecular formula is C16H26N2OS. The number of nitrogens with one attached hydrogen (secondary N) is 2. The molecule has 0 radical (unpaired) electrons. The fourth-order valence-electron chi connectivity index (χ4n) is 2.10. The monoisotopic (exact) mass is 294 g/mol. The van der Waals surface area contributed by atoms with Crippen LogP contribution in [0.15, 0.2) is 29.2 Å². The summed E-state index contributed by atoms with van der Waals surface area (Å²) < 4.78 is 0. The van der Waals surface area contributed by atoms with Gasteiger partial charge in [0.15, 0.2) is 0 Å². The Morgan fingerprint density at radius 3 is 2.50 bits per heavy atom. The van der Waals surface area contributed by atoms with Crippen molar-refractivity contribution in [3.63, 3.8) is 0 Å². The van der Waals surface area contributed by atoms with E-state index in [-0.39, 0.29) is 5.91 Å². The highest BCUT2D eigenvalue weighted by molar-refractivity contribution is 7.99. The van der Waals surface area contributed by atoms with E-state index in [0.717, 1.165) is 18.0 Å². The van der Waals surface area contributed by atoms with Crippen molar-refractivity contribution in [1.82, 2.24) is 5.32 Å². The Morgan fingerprint density at radius 2 is 1.95 bits per heavy atom. The van der Waals surface area contributed by atoms with Crippen LogP contribution in [0.4, 0.5) is 5.69 Å². The van der Waals surface area contributed by atoms with Gasteiger partial charge in [-0.1, -0.05) is 13.8 Å². The van der Waals surface area contributed by atoms with Gasteiger partial charge in [0.2, 0.25) is 5.91 Å². The van der Waals surface area contributed by atoms with Gasteiger partial charge < -0.3 is 10.6 Å². The van der Waals surface area contributed by atoms with Crippen LogP contribution < -0.4 is 10.6 Å². The summed E-state index contributed by atoms with van der Waals surface area (Å²) >= 11 is 1.88. The SMILES string of the molecule is CCNC(CC)CCCSc1ccc(NC(C)=O)cc1. The maximum absolute atomic E-state index is 10.9. The average molecular weight is 294 g/mol. The van der Waals surface area contributed by atoms with Crippen LogP contribution in [0.2, 0.25) is 0 Å². The second kappa shape index (κ2) is 9.83. The number of rotatable bonds is 9. The van der Waals surface area contributed by atoms with Crippen molar-refractivity contribution in [2.75, 3.05) is 17.6 Å². The van der Waals surface area contributed by atoms with Gasteiger partial charge >= 0.3 is 0 Å². The highest BCUT2D eigenvalue weighted by Gasteiger charge is 2.04. The summed E-state index contributed by atoms with van der Waals surface area (Å²) in [6.45, 7) is 6.97. The molecule has 1 atom stereocenters. The molecule has 1 rings (SSSR count). The van der Waals surface area contributed by atoms with Crippen molar-refractivity contribution in [3.05, 3.63) is 24.3 Å². The molecular weight excluding hydrogens is 268 g/mol. The molecule has 0 saturated heterocycles. The van der Waals surface area contributed by atoms with E-state index in [9.17, 15) is 4.79 Å². The van der Waals surface area contributed by atoms with Crippen molar-refractivity contribution < 1.29 is 4.79 Å². The topological polar surface area (TPSA) is 41.1 Å². The fraction of sp³-hybridized carbons (Fsp3) is 0.562. The number of hydrogen-bond donors (Lipinski definition) is 2. The van der Waals surface area contributed by atoms with E-state index in [0.29, 0.717) is 6.04 Å². The third kappa shape index (κ3) is 6.96. The minimum Gasteiger partial charge on any atom is -0.326 e. The van der Waals surface area contributed by atoms with Crippen LogP contribution in [-0.4, -0.2) is 24.2 Å². The molecule has 0 bridgehead atoms. The van der Waals surface area contributed by atoms with Crippen LogP contribution in [0.25, 0.3) is 0 Å². The van der Waals surface area contributed by atoms with E-state index in [4.69, 9.17) is 0 Å². The molecule has 0 aliphatic rings. The third-order valence-corrected chi connectivity index (χ3v) is 4.22. The number of carbonyl (C=O) groups excluding carboxylic acids is 1. The van der Waals surface area contributed by atoms with Crippen LogP contribution in [0.1, 0.15) is 40.0 Å². The van der Waals surface area contributed by atoms with E-state index in [1.165, 1.54) is 31.1 Å². The molecule has 1 aromatic rings. The van der Waals surface area contributed by atoms with Crippen LogP contribution in [0.5, 0.6) is 0 Å². The summed E-state index contributed by atoms with van der Waals surface area (Å²) in [5, 5.41) is 6.29. The Labute approximate surface area is 126 Å². The lowest BCUT2D eigenvalue weighted by molar-refractivity contribution is -0.114. The van der Waals surface area contributed by atoms with E-state index in [1.54, 1.807) is 0 Å². The van der Waals surface area contributed by atoms with E-state index >= 15 is 0 Å². The Balaban J connectivity index is 2.26. The number of benzene rings is 1. The maximum atomic E-state index is 10.9. The summed E-state index contributed by atoms with van der Waals surface area (Å²) in [5.41, 5.74) is 0.861. The molecule has 3 nitrogen and oxygen atoms in total. The molecule has 0 aromatic heterocycles. The van der Waals surface area contributed by atoms with E-state index in [2.05, 4.69) is 36.6 Å². The molecule has 0 spiro atoms. The minimum absolute atomic E-state index is 0.0283. The van der Waals surface area contributed by atoms with Gasteiger partial charge in [0.25, 0.3) is 0 Å². The number of thioether (sulfide) groups is 1. The molecule has 0 fully saturated rings. The summed E-state index contributed by atoms with van der Waals surface area (Å²) in [7, 11) is 0. The average Bonchev–Trinajstić information content (AvgIpc) is 2.43. The number of amides is 1. The predicted octanol–water partition coefficient (Wildman–Crippen LogP) is 3.91. The molecule has 112 valence electrons. The van der Waals surface area contributed by atoms with Gasteiger partial charge in [0.1, 0.15) is 0 Å². The quantitative estimate of drug-likeness (QED) is 0.536. The lowest BCUT2D eigenvalue weighted by atomic mass is 10.1. The van der Waals surface area contributed by atoms with Crippen molar-refractivity contribution in [2.24, 2.45) is 0 Å². The zero-order valence-electron chi connectivity index (χ0n) is 12.7. The first kappa shape index (κ1) is 17.1. The second-order valence-corrected chi connectivity index (χ2v) is 6.03. The normalized spacial score (nSPS) is 12.2. The lowest BCUT2D eigenvalue weighted by Crippen LogP contribution is -2.28. The minimum atomic E-state index is -0.0283. The highest BCUT2D eigenvalue weighted by Crippen LogP contribution is 2.21. The van der Waals surface area contributed by atoms with Gasteiger partial charge in [-0.2, -0.15) is 0 Å². The number of carbonyl (C=O) groups is 1. The molecule has 0 aliphatic carbocycles. The molecule has 0 heterocycles. The molecule has 0 saturated carbocycles. The van der Waals surface area contributed by atoms with Gasteiger partial charge in [0.05, 0.1) is 0 Å². The van der Waals surface area contributed by atoms with E-state index < -0.39 is 0 Å². The standard InChI is InChI=1S/C16H26N2OS/c1-4-14(17-5-2)7-6-12-20-16-10-8-15(9-11-16)18-13(3)19/h8-11,14,17H,4-7,12H2,1-3H3,(H,18,19). The Bertz CT molecular complexity index is 392. The second-order valence-electron chi connectivity index (χ2n) is 4.86. The zero-order chi connectivity index (χ0) is 14.8. The van der Waals surface area contributed by atoms with Crippen LogP contribution in [-0.2, 0) is 4.79 Å². The Hall–Kier alpha value is -1.00. The molecule has 2 N–H and O–H groups in total. The van der Waals surface area contributed by atoms with Crippen LogP contribution in [0, 0.1) is 0 Å². The summed E-state index contributed by atoms with van der Waals surface area (Å²) in [6.07, 6.45) is 3.66. The summed E-state index contributed by atoms with van der Waals surface area (Å²) in [4.78, 5) is 12.2. The summed E-state index contributed by atoms with van der Waals surface area (Å²) in [5.74, 6) is 1.11. The maximum Gasteiger partial charge on any atom is 0.221 e. The third-order valence-electron chi connectivity index (χ3n) is 3.13. The lowest BCUT2D eigenvalue weighted by Gasteiger charge is -2.15. The fourth-order valence-corrected chi connectivity index (χ4v) is 2.97. The van der Waals surface area contributed by atoms with Gasteiger partial charge in [-0.15, -0.1) is 11.8 Å².